The van der Waals surface area contributed by atoms with Crippen LogP contribution in [0.1, 0.15) is 29.3 Å². The molecular weight excluding hydrogens is 368 g/mol. The minimum absolute atomic E-state index is 0.0244. The summed E-state index contributed by atoms with van der Waals surface area (Å²) in [5.41, 5.74) is 5.83. The fraction of sp³-hybridized carbons (Fsp3) is 0.318. The number of carbonyl (C=O) groups is 1. The zero-order chi connectivity index (χ0) is 21.1. The maximum Gasteiger partial charge on any atom is 0.332 e. The molecule has 0 saturated heterocycles. The fourth-order valence-corrected chi connectivity index (χ4v) is 3.51. The lowest BCUT2D eigenvalue weighted by Gasteiger charge is -2.18. The number of nitrogen functional groups attached to an aromatic ring is 1. The van der Waals surface area contributed by atoms with Crippen LogP contribution >= 0.6 is 0 Å². The summed E-state index contributed by atoms with van der Waals surface area (Å²) in [5, 5.41) is 2.29. The highest BCUT2D eigenvalue weighted by molar-refractivity contribution is 6.01. The third-order valence-corrected chi connectivity index (χ3v) is 4.99. The molecule has 0 amide bonds. The number of nitrogens with zero attached hydrogens (tertiary/aromatic N) is 3. The molecule has 0 aliphatic carbocycles. The monoisotopic (exact) mass is 394 g/mol. The van der Waals surface area contributed by atoms with Crippen molar-refractivity contribution in [3.8, 4) is 0 Å². The Morgan fingerprint density at radius 2 is 1.79 bits per heavy atom. The normalized spacial score (nSPS) is 11.3. The quantitative estimate of drug-likeness (QED) is 0.619. The van der Waals surface area contributed by atoms with Crippen LogP contribution in [0, 0.1) is 0 Å². The Morgan fingerprint density at radius 1 is 1.10 bits per heavy atom. The molecule has 0 unspecified atom stereocenters. The van der Waals surface area contributed by atoms with Gasteiger partial charge in [0.25, 0.3) is 5.56 Å². The minimum Gasteiger partial charge on any atom is -0.384 e. The average molecular weight is 394 g/mol. The molecule has 7 heteroatoms. The highest BCUT2D eigenvalue weighted by atomic mass is 16.2. The number of carbonyl (C=O) groups excluding carboxylic acids is 1. The van der Waals surface area contributed by atoms with Crippen LogP contribution in [0.25, 0.3) is 10.8 Å². The van der Waals surface area contributed by atoms with Gasteiger partial charge in [0.05, 0.1) is 6.54 Å². The van der Waals surface area contributed by atoms with E-state index in [-0.39, 0.29) is 17.9 Å². The van der Waals surface area contributed by atoms with E-state index in [1.54, 1.807) is 0 Å². The van der Waals surface area contributed by atoms with Gasteiger partial charge in [0.2, 0.25) is 0 Å². The van der Waals surface area contributed by atoms with Gasteiger partial charge in [-0.2, -0.15) is 0 Å². The molecule has 3 aromatic rings. The van der Waals surface area contributed by atoms with Crippen LogP contribution in [0.15, 0.2) is 52.1 Å². The van der Waals surface area contributed by atoms with Crippen molar-refractivity contribution < 1.29 is 4.79 Å². The molecule has 0 radical (unpaired) electrons. The highest BCUT2D eigenvalue weighted by Gasteiger charge is 2.22. The van der Waals surface area contributed by atoms with E-state index >= 15 is 0 Å². The van der Waals surface area contributed by atoms with E-state index in [4.69, 9.17) is 5.73 Å². The Labute approximate surface area is 169 Å². The summed E-state index contributed by atoms with van der Waals surface area (Å²) in [5.74, 6) is -0.444. The lowest BCUT2D eigenvalue weighted by Crippen LogP contribution is -2.43. The number of Topliss-reactive ketones (excluding diaryl/α,β-unsaturated/α-hetero) is 1. The topological polar surface area (TPSA) is 90.3 Å². The number of aromatic nitrogens is 2. The minimum atomic E-state index is -0.649. The molecule has 29 heavy (non-hydrogen) atoms. The highest BCUT2D eigenvalue weighted by Crippen LogP contribution is 2.17. The molecule has 0 bridgehead atoms. The van der Waals surface area contributed by atoms with E-state index in [1.807, 2.05) is 43.1 Å². The van der Waals surface area contributed by atoms with Crippen molar-refractivity contribution in [3.05, 3.63) is 74.4 Å². The summed E-state index contributed by atoms with van der Waals surface area (Å²) >= 11 is 0. The number of hydrogen-bond acceptors (Lipinski definition) is 5. The third kappa shape index (κ3) is 4.14. The van der Waals surface area contributed by atoms with Crippen LogP contribution in [0.4, 0.5) is 5.82 Å². The maximum absolute atomic E-state index is 12.9. The molecule has 1 aromatic heterocycles. The number of likely N-dealkylation sites (N-methyl/N-ethyl adjacent to an activating group) is 1. The Morgan fingerprint density at radius 3 is 2.48 bits per heavy atom. The predicted octanol–water partition coefficient (Wildman–Crippen LogP) is 2.01. The zero-order valence-electron chi connectivity index (χ0n) is 17.0. The Balaban J connectivity index is 1.83. The van der Waals surface area contributed by atoms with E-state index in [1.165, 1.54) is 11.6 Å². The zero-order valence-corrected chi connectivity index (χ0v) is 17.0. The van der Waals surface area contributed by atoms with Crippen molar-refractivity contribution in [2.24, 2.45) is 7.05 Å². The number of fused-ring (bicyclic) bond motifs is 1. The summed E-state index contributed by atoms with van der Waals surface area (Å²) in [6.07, 6.45) is 0.664. The molecule has 0 fully saturated rings. The molecule has 2 aromatic carbocycles. The smallest absolute Gasteiger partial charge is 0.332 e. The number of benzene rings is 2. The summed E-state index contributed by atoms with van der Waals surface area (Å²) in [7, 11) is 3.18. The number of anilines is 1. The van der Waals surface area contributed by atoms with Gasteiger partial charge < -0.3 is 5.73 Å². The maximum atomic E-state index is 12.9. The Kier molecular flexibility index (Phi) is 5.98. The van der Waals surface area contributed by atoms with Crippen molar-refractivity contribution in [3.63, 3.8) is 0 Å². The first-order valence-electron chi connectivity index (χ1n) is 9.62. The molecule has 2 N–H and O–H groups in total. The number of nitrogens with two attached hydrogens (primary N) is 1. The molecule has 0 saturated carbocycles. The second-order valence-corrected chi connectivity index (χ2v) is 7.34. The molecule has 0 atom stereocenters. The molecular formula is C22H26N4O3. The van der Waals surface area contributed by atoms with Crippen molar-refractivity contribution >= 4 is 22.4 Å². The van der Waals surface area contributed by atoms with E-state index < -0.39 is 17.0 Å². The largest absolute Gasteiger partial charge is 0.384 e. The molecule has 0 spiro atoms. The van der Waals surface area contributed by atoms with Crippen molar-refractivity contribution in [1.82, 2.24) is 14.0 Å². The van der Waals surface area contributed by atoms with E-state index in [2.05, 4.69) is 18.2 Å². The van der Waals surface area contributed by atoms with Crippen LogP contribution in [0.2, 0.25) is 0 Å². The van der Waals surface area contributed by atoms with Gasteiger partial charge in [0.15, 0.2) is 5.78 Å². The van der Waals surface area contributed by atoms with Crippen molar-refractivity contribution in [2.75, 3.05) is 19.3 Å². The van der Waals surface area contributed by atoms with E-state index in [0.717, 1.165) is 20.9 Å². The molecule has 3 rings (SSSR count). The number of hydrogen-bond donors (Lipinski definition) is 1. The van der Waals surface area contributed by atoms with Crippen molar-refractivity contribution in [2.45, 2.75) is 26.4 Å². The van der Waals surface area contributed by atoms with E-state index in [9.17, 15) is 14.4 Å². The van der Waals surface area contributed by atoms with Gasteiger partial charge in [-0.05, 0) is 35.9 Å². The number of ketones is 1. The van der Waals surface area contributed by atoms with Crippen LogP contribution in [-0.2, 0) is 20.1 Å². The third-order valence-electron chi connectivity index (χ3n) is 4.99. The Hall–Kier alpha value is -3.19. The van der Waals surface area contributed by atoms with Crippen LogP contribution in [-0.4, -0.2) is 33.4 Å². The summed E-state index contributed by atoms with van der Waals surface area (Å²) in [6, 6.07) is 14.2. The van der Waals surface area contributed by atoms with E-state index in [0.29, 0.717) is 19.5 Å². The first-order chi connectivity index (χ1) is 13.8. The second kappa shape index (κ2) is 8.45. The molecule has 0 aliphatic heterocycles. The summed E-state index contributed by atoms with van der Waals surface area (Å²) in [6.45, 7) is 2.82. The van der Waals surface area contributed by atoms with Crippen LogP contribution in [0.3, 0.4) is 0 Å². The molecule has 7 nitrogen and oxygen atoms in total. The first-order valence-corrected chi connectivity index (χ1v) is 9.62. The molecule has 1 heterocycles. The van der Waals surface area contributed by atoms with Gasteiger partial charge in [0, 0.05) is 20.1 Å². The van der Waals surface area contributed by atoms with Gasteiger partial charge in [-0.15, -0.1) is 0 Å². The van der Waals surface area contributed by atoms with Gasteiger partial charge in [0.1, 0.15) is 11.4 Å². The van der Waals surface area contributed by atoms with Gasteiger partial charge >= 0.3 is 5.69 Å². The second-order valence-electron chi connectivity index (χ2n) is 7.34. The standard InChI is InChI=1S/C22H26N4O3/c1-4-11-26-20(23)19(21(28)25(3)22(26)29)18(27)14-24(2)13-15-9-10-16-7-5-6-8-17(16)12-15/h5-10,12H,4,11,13-14,23H2,1-3H3. The SMILES string of the molecule is CCCn1c(N)c(C(=O)CN(C)Cc2ccc3ccccc3c2)c(=O)n(C)c1=O. The van der Waals surface area contributed by atoms with Crippen LogP contribution < -0.4 is 17.0 Å². The van der Waals surface area contributed by atoms with Crippen LogP contribution in [0.5, 0.6) is 0 Å². The molecule has 152 valence electrons. The predicted molar refractivity (Wildman–Crippen MR) is 115 cm³/mol. The average Bonchev–Trinajstić information content (AvgIpc) is 2.69. The van der Waals surface area contributed by atoms with Gasteiger partial charge in [-0.1, -0.05) is 43.3 Å². The first kappa shape index (κ1) is 20.5. The van der Waals surface area contributed by atoms with Gasteiger partial charge in [-0.3, -0.25) is 23.6 Å². The summed E-state index contributed by atoms with van der Waals surface area (Å²) < 4.78 is 2.24. The lowest BCUT2D eigenvalue weighted by atomic mass is 10.1. The molecule has 0 aliphatic rings. The van der Waals surface area contributed by atoms with Crippen molar-refractivity contribution in [1.29, 1.82) is 0 Å². The Bertz CT molecular complexity index is 1180. The fourth-order valence-electron chi connectivity index (χ4n) is 3.51. The summed E-state index contributed by atoms with van der Waals surface area (Å²) in [4.78, 5) is 39.5. The van der Waals surface area contributed by atoms with Gasteiger partial charge in [-0.25, -0.2) is 4.79 Å². The lowest BCUT2D eigenvalue weighted by molar-refractivity contribution is 0.0941. The number of rotatable bonds is 7.